The number of aliphatic carboxylic acids is 1. The number of rotatable bonds is 4. The van der Waals surface area contributed by atoms with Crippen LogP contribution in [-0.4, -0.2) is 59.8 Å². The molecule has 0 radical (unpaired) electrons. The lowest BCUT2D eigenvalue weighted by Gasteiger charge is -2.35. The number of hydrogen-bond acceptors (Lipinski definition) is 5. The van der Waals surface area contributed by atoms with Gasteiger partial charge < -0.3 is 14.9 Å². The molecular weight excluding hydrogens is 264 g/mol. The van der Waals surface area contributed by atoms with Crippen LogP contribution in [0.25, 0.3) is 0 Å². The third-order valence-electron chi connectivity index (χ3n) is 2.90. The topological polar surface area (TPSA) is 95.0 Å². The summed E-state index contributed by atoms with van der Waals surface area (Å²) >= 11 is 0. The predicted molar refractivity (Wildman–Crippen MR) is 70.1 cm³/mol. The van der Waals surface area contributed by atoms with Crippen molar-refractivity contribution in [2.75, 3.05) is 37.7 Å². The number of piperazine rings is 1. The second-order valence-corrected chi connectivity index (χ2v) is 4.25. The zero-order valence-electron chi connectivity index (χ0n) is 10.9. The molecule has 2 rings (SSSR count). The third kappa shape index (κ3) is 3.82. The zero-order chi connectivity index (χ0) is 14.4. The molecular formula is C12H16N4O4. The minimum absolute atomic E-state index is 0.424. The lowest BCUT2D eigenvalue weighted by atomic mass is 10.3. The maximum absolute atomic E-state index is 11.7. The van der Waals surface area contributed by atoms with Crippen LogP contribution in [0.15, 0.2) is 24.4 Å². The van der Waals surface area contributed by atoms with Crippen LogP contribution in [0.4, 0.5) is 10.6 Å². The second kappa shape index (κ2) is 6.71. The largest absolute Gasteiger partial charge is 0.479 e. The van der Waals surface area contributed by atoms with Crippen molar-refractivity contribution in [1.29, 1.82) is 0 Å². The molecule has 2 heterocycles. The normalized spacial score (nSPS) is 15.0. The summed E-state index contributed by atoms with van der Waals surface area (Å²) in [6.07, 6.45) is 1.73. The van der Waals surface area contributed by atoms with E-state index in [0.717, 1.165) is 5.82 Å². The van der Waals surface area contributed by atoms with Crippen molar-refractivity contribution in [3.05, 3.63) is 24.4 Å². The summed E-state index contributed by atoms with van der Waals surface area (Å²) < 4.78 is 0. The Morgan fingerprint density at radius 2 is 2.05 bits per heavy atom. The average molecular weight is 280 g/mol. The van der Waals surface area contributed by atoms with E-state index in [-0.39, 0.29) is 0 Å². The summed E-state index contributed by atoms with van der Waals surface area (Å²) in [6, 6.07) is 5.27. The van der Waals surface area contributed by atoms with Crippen molar-refractivity contribution in [2.45, 2.75) is 0 Å². The molecule has 1 saturated heterocycles. The number of nitrogens with zero attached hydrogens (tertiary/aromatic N) is 3. The molecule has 2 amide bonds. The Morgan fingerprint density at radius 1 is 1.30 bits per heavy atom. The second-order valence-electron chi connectivity index (χ2n) is 4.25. The van der Waals surface area contributed by atoms with Crippen LogP contribution in [0.1, 0.15) is 0 Å². The smallest absolute Gasteiger partial charge is 0.341 e. The number of urea groups is 1. The summed E-state index contributed by atoms with van der Waals surface area (Å²) in [5.41, 5.74) is 2.11. The number of aromatic nitrogens is 1. The van der Waals surface area contributed by atoms with Gasteiger partial charge in [-0.1, -0.05) is 6.07 Å². The number of carboxylic acid groups (broad SMARTS) is 1. The van der Waals surface area contributed by atoms with E-state index in [1.54, 1.807) is 11.1 Å². The van der Waals surface area contributed by atoms with Gasteiger partial charge in [0.05, 0.1) is 0 Å². The molecule has 0 aliphatic carbocycles. The molecule has 20 heavy (non-hydrogen) atoms. The molecule has 0 atom stereocenters. The summed E-state index contributed by atoms with van der Waals surface area (Å²) in [5, 5.41) is 8.39. The van der Waals surface area contributed by atoms with Crippen molar-refractivity contribution >= 4 is 17.8 Å². The lowest BCUT2D eigenvalue weighted by molar-refractivity contribution is -0.144. The van der Waals surface area contributed by atoms with Gasteiger partial charge in [-0.25, -0.2) is 20.1 Å². The van der Waals surface area contributed by atoms with Crippen LogP contribution in [0.5, 0.6) is 0 Å². The van der Waals surface area contributed by atoms with Gasteiger partial charge in [0.1, 0.15) is 5.82 Å². The maximum Gasteiger partial charge on any atom is 0.341 e. The van der Waals surface area contributed by atoms with E-state index in [1.807, 2.05) is 18.2 Å². The van der Waals surface area contributed by atoms with Crippen LogP contribution >= 0.6 is 0 Å². The molecule has 0 bridgehead atoms. The first kappa shape index (κ1) is 14.1. The Balaban J connectivity index is 1.76. The summed E-state index contributed by atoms with van der Waals surface area (Å²) in [5.74, 6) is -0.250. The van der Waals surface area contributed by atoms with Gasteiger partial charge >= 0.3 is 12.0 Å². The fourth-order valence-corrected chi connectivity index (χ4v) is 1.90. The number of nitrogens with one attached hydrogen (secondary N) is 1. The Morgan fingerprint density at radius 3 is 2.65 bits per heavy atom. The van der Waals surface area contributed by atoms with Gasteiger partial charge in [-0.05, 0) is 12.1 Å². The highest BCUT2D eigenvalue weighted by molar-refractivity contribution is 5.74. The first-order valence-corrected chi connectivity index (χ1v) is 6.21. The fourth-order valence-electron chi connectivity index (χ4n) is 1.90. The Labute approximate surface area is 115 Å². The number of hydroxylamine groups is 1. The van der Waals surface area contributed by atoms with E-state index in [2.05, 4.69) is 20.2 Å². The molecule has 1 aromatic rings. The quantitative estimate of drug-likeness (QED) is 0.750. The minimum Gasteiger partial charge on any atom is -0.479 e. The molecule has 8 heteroatoms. The van der Waals surface area contributed by atoms with Gasteiger partial charge in [-0.15, -0.1) is 0 Å². The van der Waals surface area contributed by atoms with Gasteiger partial charge in [0.15, 0.2) is 6.61 Å². The standard InChI is InChI=1S/C12H16N4O4/c17-11(18)9-20-14-12(19)16-7-5-15(6-8-16)10-3-1-2-4-13-10/h1-4H,5-9H2,(H,14,19)(H,17,18). The van der Waals surface area contributed by atoms with Crippen molar-refractivity contribution in [2.24, 2.45) is 0 Å². The van der Waals surface area contributed by atoms with Gasteiger partial charge in [-0.3, -0.25) is 4.84 Å². The molecule has 0 saturated carbocycles. The molecule has 0 aromatic carbocycles. The van der Waals surface area contributed by atoms with Gasteiger partial charge in [0.2, 0.25) is 0 Å². The predicted octanol–water partition coefficient (Wildman–Crippen LogP) is -0.0706. The first-order chi connectivity index (χ1) is 9.66. The molecule has 108 valence electrons. The van der Waals surface area contributed by atoms with Crippen LogP contribution < -0.4 is 10.4 Å². The Bertz CT molecular complexity index is 460. The molecule has 1 fully saturated rings. The van der Waals surface area contributed by atoms with Crippen LogP contribution in [0.2, 0.25) is 0 Å². The van der Waals surface area contributed by atoms with E-state index in [0.29, 0.717) is 26.2 Å². The van der Waals surface area contributed by atoms with E-state index in [9.17, 15) is 9.59 Å². The van der Waals surface area contributed by atoms with Crippen molar-refractivity contribution in [3.8, 4) is 0 Å². The molecule has 1 aliphatic heterocycles. The van der Waals surface area contributed by atoms with Crippen LogP contribution in [-0.2, 0) is 9.63 Å². The molecule has 0 unspecified atom stereocenters. The van der Waals surface area contributed by atoms with E-state index in [4.69, 9.17) is 5.11 Å². The number of amides is 2. The van der Waals surface area contributed by atoms with E-state index < -0.39 is 18.6 Å². The van der Waals surface area contributed by atoms with Crippen molar-refractivity contribution in [1.82, 2.24) is 15.4 Å². The summed E-state index contributed by atoms with van der Waals surface area (Å²) in [6.45, 7) is 1.84. The molecule has 2 N–H and O–H groups in total. The van der Waals surface area contributed by atoms with Crippen LogP contribution in [0, 0.1) is 0 Å². The number of hydrogen-bond donors (Lipinski definition) is 2. The van der Waals surface area contributed by atoms with E-state index in [1.165, 1.54) is 0 Å². The molecule has 1 aromatic heterocycles. The number of carboxylic acids is 1. The number of carbonyl (C=O) groups is 2. The highest BCUT2D eigenvalue weighted by atomic mass is 16.7. The highest BCUT2D eigenvalue weighted by Gasteiger charge is 2.21. The monoisotopic (exact) mass is 280 g/mol. The summed E-state index contributed by atoms with van der Waals surface area (Å²) in [7, 11) is 0. The van der Waals surface area contributed by atoms with Crippen molar-refractivity contribution < 1.29 is 19.5 Å². The highest BCUT2D eigenvalue weighted by Crippen LogP contribution is 2.12. The SMILES string of the molecule is O=C(O)CONC(=O)N1CCN(c2ccccn2)CC1. The lowest BCUT2D eigenvalue weighted by Crippen LogP contribution is -2.52. The maximum atomic E-state index is 11.7. The third-order valence-corrected chi connectivity index (χ3v) is 2.90. The van der Waals surface area contributed by atoms with Gasteiger partial charge in [-0.2, -0.15) is 0 Å². The Kier molecular flexibility index (Phi) is 4.72. The minimum atomic E-state index is -1.13. The summed E-state index contributed by atoms with van der Waals surface area (Å²) in [4.78, 5) is 34.4. The molecule has 1 aliphatic rings. The number of pyridine rings is 1. The number of carbonyl (C=O) groups excluding carboxylic acids is 1. The zero-order valence-corrected chi connectivity index (χ0v) is 10.9. The fraction of sp³-hybridized carbons (Fsp3) is 0.417. The van der Waals surface area contributed by atoms with E-state index >= 15 is 0 Å². The van der Waals surface area contributed by atoms with Crippen molar-refractivity contribution in [3.63, 3.8) is 0 Å². The van der Waals surface area contributed by atoms with Gasteiger partial charge in [0, 0.05) is 32.4 Å². The number of anilines is 1. The molecule has 8 nitrogen and oxygen atoms in total. The average Bonchev–Trinajstić information content (AvgIpc) is 2.48. The Hall–Kier alpha value is -2.35. The first-order valence-electron chi connectivity index (χ1n) is 6.21. The van der Waals surface area contributed by atoms with Gasteiger partial charge in [0.25, 0.3) is 0 Å². The molecule has 0 spiro atoms. The van der Waals surface area contributed by atoms with Crippen LogP contribution in [0.3, 0.4) is 0 Å².